The minimum absolute atomic E-state index is 0.120. The molecule has 0 aliphatic rings. The van der Waals surface area contributed by atoms with Gasteiger partial charge in [0, 0.05) is 7.11 Å². The zero-order valence-corrected chi connectivity index (χ0v) is 9.94. The van der Waals surface area contributed by atoms with E-state index in [2.05, 4.69) is 5.32 Å². The summed E-state index contributed by atoms with van der Waals surface area (Å²) in [6, 6.07) is 1.53. The average molecular weight is 241 g/mol. The van der Waals surface area contributed by atoms with E-state index in [0.717, 1.165) is 0 Å². The number of carboxylic acid groups (broad SMARTS) is 1. The Balaban J connectivity index is 2.81. The van der Waals surface area contributed by atoms with Crippen molar-refractivity contribution in [2.45, 2.75) is 19.4 Å². The monoisotopic (exact) mass is 241 g/mol. The van der Waals surface area contributed by atoms with Gasteiger partial charge >= 0.3 is 5.97 Å². The summed E-state index contributed by atoms with van der Waals surface area (Å²) < 4.78 is 9.77. The molecular weight excluding hydrogens is 226 g/mol. The predicted molar refractivity (Wildman–Crippen MR) is 58.8 cm³/mol. The molecule has 0 aromatic carbocycles. The minimum atomic E-state index is -1.46. The first kappa shape index (κ1) is 13.2. The lowest BCUT2D eigenvalue weighted by atomic mass is 10.0. The Morgan fingerprint density at radius 1 is 1.59 bits per heavy atom. The standard InChI is InChI=1S/C11H15NO5/c1-7-4-8(5-17-7)9(13)12-11(2,6-16-3)10(14)15/h4-5H,6H2,1-3H3,(H,12,13)(H,14,15). The number of ether oxygens (including phenoxy) is 1. The summed E-state index contributed by atoms with van der Waals surface area (Å²) in [6.07, 6.45) is 1.28. The smallest absolute Gasteiger partial charge is 0.331 e. The van der Waals surface area contributed by atoms with E-state index in [-0.39, 0.29) is 12.2 Å². The van der Waals surface area contributed by atoms with E-state index in [1.807, 2.05) is 0 Å². The summed E-state index contributed by atoms with van der Waals surface area (Å²) in [7, 11) is 1.37. The third kappa shape index (κ3) is 3.07. The Labute approximate surface area is 98.6 Å². The van der Waals surface area contributed by atoms with Gasteiger partial charge in [-0.1, -0.05) is 0 Å². The second kappa shape index (κ2) is 5.01. The normalized spacial score (nSPS) is 14.1. The Hall–Kier alpha value is -1.82. The van der Waals surface area contributed by atoms with Gasteiger partial charge in [0.2, 0.25) is 0 Å². The minimum Gasteiger partial charge on any atom is -0.479 e. The van der Waals surface area contributed by atoms with Crippen LogP contribution >= 0.6 is 0 Å². The lowest BCUT2D eigenvalue weighted by molar-refractivity contribution is -0.145. The zero-order valence-electron chi connectivity index (χ0n) is 9.94. The lowest BCUT2D eigenvalue weighted by Crippen LogP contribution is -2.55. The fourth-order valence-electron chi connectivity index (χ4n) is 1.33. The topological polar surface area (TPSA) is 88.8 Å². The van der Waals surface area contributed by atoms with Crippen molar-refractivity contribution in [2.75, 3.05) is 13.7 Å². The van der Waals surface area contributed by atoms with E-state index in [4.69, 9.17) is 14.3 Å². The van der Waals surface area contributed by atoms with Gasteiger partial charge in [-0.15, -0.1) is 0 Å². The summed E-state index contributed by atoms with van der Waals surface area (Å²) in [5, 5.41) is 11.4. The molecule has 0 radical (unpaired) electrons. The Bertz CT molecular complexity index is 425. The first-order valence-corrected chi connectivity index (χ1v) is 4.99. The summed E-state index contributed by atoms with van der Waals surface area (Å²) in [5.74, 6) is -1.09. The van der Waals surface area contributed by atoms with Crippen LogP contribution in [0.5, 0.6) is 0 Å². The number of hydrogen-bond donors (Lipinski definition) is 2. The average Bonchev–Trinajstić information content (AvgIpc) is 2.65. The number of carbonyl (C=O) groups excluding carboxylic acids is 1. The highest BCUT2D eigenvalue weighted by Crippen LogP contribution is 2.10. The number of aliphatic carboxylic acids is 1. The van der Waals surface area contributed by atoms with Crippen molar-refractivity contribution in [3.63, 3.8) is 0 Å². The summed E-state index contributed by atoms with van der Waals surface area (Å²) in [6.45, 7) is 2.96. The molecule has 94 valence electrons. The molecule has 1 rings (SSSR count). The molecule has 0 fully saturated rings. The van der Waals surface area contributed by atoms with E-state index >= 15 is 0 Å². The van der Waals surface area contributed by atoms with Crippen molar-refractivity contribution in [1.29, 1.82) is 0 Å². The molecular formula is C11H15NO5. The quantitative estimate of drug-likeness (QED) is 0.796. The molecule has 0 saturated heterocycles. The van der Waals surface area contributed by atoms with Gasteiger partial charge < -0.3 is 19.6 Å². The van der Waals surface area contributed by atoms with Gasteiger partial charge in [-0.05, 0) is 19.9 Å². The first-order valence-electron chi connectivity index (χ1n) is 4.99. The van der Waals surface area contributed by atoms with Crippen LogP contribution in [0.3, 0.4) is 0 Å². The molecule has 1 aromatic heterocycles. The van der Waals surface area contributed by atoms with Crippen molar-refractivity contribution in [3.05, 3.63) is 23.7 Å². The van der Waals surface area contributed by atoms with Crippen LogP contribution in [0.4, 0.5) is 0 Å². The summed E-state index contributed by atoms with van der Waals surface area (Å²) in [5.41, 5.74) is -1.18. The third-order valence-electron chi connectivity index (χ3n) is 2.29. The molecule has 0 spiro atoms. The molecule has 0 saturated carbocycles. The van der Waals surface area contributed by atoms with E-state index < -0.39 is 17.4 Å². The highest BCUT2D eigenvalue weighted by atomic mass is 16.5. The Morgan fingerprint density at radius 3 is 2.65 bits per heavy atom. The highest BCUT2D eigenvalue weighted by molar-refractivity contribution is 5.97. The third-order valence-corrected chi connectivity index (χ3v) is 2.29. The fraction of sp³-hybridized carbons (Fsp3) is 0.455. The number of nitrogens with one attached hydrogen (secondary N) is 1. The molecule has 0 bridgehead atoms. The van der Waals surface area contributed by atoms with Gasteiger partial charge in [0.15, 0.2) is 5.54 Å². The molecule has 1 atom stereocenters. The van der Waals surface area contributed by atoms with Crippen molar-refractivity contribution >= 4 is 11.9 Å². The maximum atomic E-state index is 11.8. The first-order chi connectivity index (χ1) is 7.89. The molecule has 6 heteroatoms. The van der Waals surface area contributed by atoms with Crippen LogP contribution in [0.1, 0.15) is 23.0 Å². The number of furan rings is 1. The largest absolute Gasteiger partial charge is 0.479 e. The highest BCUT2D eigenvalue weighted by Gasteiger charge is 2.35. The van der Waals surface area contributed by atoms with Gasteiger partial charge in [0.05, 0.1) is 12.2 Å². The maximum absolute atomic E-state index is 11.8. The second-order valence-electron chi connectivity index (χ2n) is 3.97. The Morgan fingerprint density at radius 2 is 2.24 bits per heavy atom. The molecule has 2 N–H and O–H groups in total. The number of aryl methyl sites for hydroxylation is 1. The van der Waals surface area contributed by atoms with E-state index in [1.54, 1.807) is 6.92 Å². The molecule has 1 amide bonds. The van der Waals surface area contributed by atoms with E-state index in [9.17, 15) is 9.59 Å². The van der Waals surface area contributed by atoms with E-state index in [1.165, 1.54) is 26.4 Å². The fourth-order valence-corrected chi connectivity index (χ4v) is 1.33. The number of carbonyl (C=O) groups is 2. The van der Waals surface area contributed by atoms with Crippen LogP contribution in [0.2, 0.25) is 0 Å². The van der Waals surface area contributed by atoms with Crippen LogP contribution in [0.25, 0.3) is 0 Å². The number of methoxy groups -OCH3 is 1. The van der Waals surface area contributed by atoms with Gasteiger partial charge in [-0.2, -0.15) is 0 Å². The van der Waals surface area contributed by atoms with E-state index in [0.29, 0.717) is 5.76 Å². The number of hydrogen-bond acceptors (Lipinski definition) is 4. The number of rotatable bonds is 5. The summed E-state index contributed by atoms with van der Waals surface area (Å²) >= 11 is 0. The summed E-state index contributed by atoms with van der Waals surface area (Å²) in [4.78, 5) is 22.8. The van der Waals surface area contributed by atoms with Crippen molar-refractivity contribution < 1.29 is 23.8 Å². The van der Waals surface area contributed by atoms with Gasteiger partial charge in [0.1, 0.15) is 12.0 Å². The Kier molecular flexibility index (Phi) is 3.90. The van der Waals surface area contributed by atoms with Crippen molar-refractivity contribution in [2.24, 2.45) is 0 Å². The van der Waals surface area contributed by atoms with Crippen LogP contribution in [0.15, 0.2) is 16.7 Å². The van der Waals surface area contributed by atoms with Crippen molar-refractivity contribution in [1.82, 2.24) is 5.32 Å². The molecule has 6 nitrogen and oxygen atoms in total. The SMILES string of the molecule is COCC(C)(NC(=O)c1coc(C)c1)C(=O)O. The van der Waals surface area contributed by atoms with Gasteiger partial charge in [0.25, 0.3) is 5.91 Å². The molecule has 1 heterocycles. The van der Waals surface area contributed by atoms with Crippen LogP contribution in [-0.2, 0) is 9.53 Å². The van der Waals surface area contributed by atoms with Gasteiger partial charge in [-0.3, -0.25) is 4.79 Å². The van der Waals surface area contributed by atoms with Crippen LogP contribution in [-0.4, -0.2) is 36.2 Å². The molecule has 17 heavy (non-hydrogen) atoms. The molecule has 0 aliphatic heterocycles. The second-order valence-corrected chi connectivity index (χ2v) is 3.97. The number of amides is 1. The maximum Gasteiger partial charge on any atom is 0.331 e. The van der Waals surface area contributed by atoms with Crippen LogP contribution in [0, 0.1) is 6.92 Å². The number of carboxylic acids is 1. The van der Waals surface area contributed by atoms with Gasteiger partial charge in [-0.25, -0.2) is 4.79 Å². The molecule has 1 unspecified atom stereocenters. The molecule has 1 aromatic rings. The predicted octanol–water partition coefficient (Wildman–Crippen LogP) is 0.808. The molecule has 0 aliphatic carbocycles. The van der Waals surface area contributed by atoms with Crippen LogP contribution < -0.4 is 5.32 Å². The van der Waals surface area contributed by atoms with Crippen molar-refractivity contribution in [3.8, 4) is 0 Å². The lowest BCUT2D eigenvalue weighted by Gasteiger charge is -2.24. The zero-order chi connectivity index (χ0) is 13.1.